The molecule has 6 heteroatoms. The first-order chi connectivity index (χ1) is 9.54. The molecule has 0 bridgehead atoms. The highest BCUT2D eigenvalue weighted by Gasteiger charge is 2.17. The summed E-state index contributed by atoms with van der Waals surface area (Å²) < 4.78 is 6.57. The lowest BCUT2D eigenvalue weighted by Crippen LogP contribution is -2.29. The molecular formula is C14H13ClN2O3. The molecule has 0 aliphatic rings. The zero-order valence-corrected chi connectivity index (χ0v) is 11.6. The summed E-state index contributed by atoms with van der Waals surface area (Å²) in [6.07, 6.45) is 1.53. The van der Waals surface area contributed by atoms with Crippen molar-refractivity contribution in [2.75, 3.05) is 6.61 Å². The van der Waals surface area contributed by atoms with Crippen molar-refractivity contribution in [1.82, 2.24) is 4.57 Å². The second-order valence-electron chi connectivity index (χ2n) is 4.00. The summed E-state index contributed by atoms with van der Waals surface area (Å²) in [6.45, 7) is 2.10. The van der Waals surface area contributed by atoms with Gasteiger partial charge in [-0.15, -0.1) is 0 Å². The first-order valence-electron chi connectivity index (χ1n) is 5.98. The molecule has 104 valence electrons. The summed E-state index contributed by atoms with van der Waals surface area (Å²) in [5.74, 6) is -0.628. The molecular weight excluding hydrogens is 280 g/mol. The summed E-state index contributed by atoms with van der Waals surface area (Å²) in [5, 5.41) is 0.558. The van der Waals surface area contributed by atoms with E-state index in [-0.39, 0.29) is 11.3 Å². The Labute approximate surface area is 120 Å². The highest BCUT2D eigenvalue weighted by atomic mass is 35.5. The first kappa shape index (κ1) is 14.1. The van der Waals surface area contributed by atoms with Crippen molar-refractivity contribution in [1.29, 1.82) is 0 Å². The molecule has 1 amide bonds. The lowest BCUT2D eigenvalue weighted by molar-refractivity contribution is 0.0994. The summed E-state index contributed by atoms with van der Waals surface area (Å²) in [6, 6.07) is 8.21. The second kappa shape index (κ2) is 5.79. The lowest BCUT2D eigenvalue weighted by atomic mass is 10.2. The number of pyridine rings is 1. The van der Waals surface area contributed by atoms with Crippen LogP contribution in [0.2, 0.25) is 5.02 Å². The van der Waals surface area contributed by atoms with Crippen LogP contribution in [0.5, 0.6) is 5.75 Å². The van der Waals surface area contributed by atoms with E-state index < -0.39 is 11.5 Å². The predicted molar refractivity (Wildman–Crippen MR) is 76.7 cm³/mol. The van der Waals surface area contributed by atoms with Gasteiger partial charge in [0, 0.05) is 16.9 Å². The van der Waals surface area contributed by atoms with Crippen LogP contribution in [0.3, 0.4) is 0 Å². The van der Waals surface area contributed by atoms with Crippen LogP contribution >= 0.6 is 11.6 Å². The third-order valence-corrected chi connectivity index (χ3v) is 2.96. The molecule has 5 nitrogen and oxygen atoms in total. The van der Waals surface area contributed by atoms with Gasteiger partial charge in [-0.3, -0.25) is 14.2 Å². The van der Waals surface area contributed by atoms with Gasteiger partial charge in [0.15, 0.2) is 0 Å². The van der Waals surface area contributed by atoms with Gasteiger partial charge in [0.25, 0.3) is 11.5 Å². The van der Waals surface area contributed by atoms with Gasteiger partial charge in [0.2, 0.25) is 0 Å². The monoisotopic (exact) mass is 292 g/mol. The minimum Gasteiger partial charge on any atom is -0.493 e. The van der Waals surface area contributed by atoms with Crippen molar-refractivity contribution in [2.45, 2.75) is 6.92 Å². The molecule has 0 unspecified atom stereocenters. The van der Waals surface area contributed by atoms with Crippen LogP contribution in [0.4, 0.5) is 0 Å². The molecule has 0 aliphatic carbocycles. The molecule has 2 N–H and O–H groups in total. The van der Waals surface area contributed by atoms with Crippen LogP contribution < -0.4 is 16.0 Å². The number of carbonyl (C=O) groups is 1. The van der Waals surface area contributed by atoms with Crippen molar-refractivity contribution in [2.24, 2.45) is 5.73 Å². The van der Waals surface area contributed by atoms with Gasteiger partial charge < -0.3 is 10.5 Å². The summed E-state index contributed by atoms with van der Waals surface area (Å²) >= 11 is 5.81. The Bertz CT molecular complexity index is 693. The molecule has 2 aromatic rings. The van der Waals surface area contributed by atoms with Crippen molar-refractivity contribution in [3.8, 4) is 11.4 Å². The van der Waals surface area contributed by atoms with Crippen LogP contribution in [-0.4, -0.2) is 17.1 Å². The maximum absolute atomic E-state index is 12.3. The van der Waals surface area contributed by atoms with Gasteiger partial charge in [-0.05, 0) is 37.3 Å². The smallest absolute Gasteiger partial charge is 0.271 e. The Balaban J connectivity index is 2.62. The summed E-state index contributed by atoms with van der Waals surface area (Å²) in [4.78, 5) is 23.8. The highest BCUT2D eigenvalue weighted by molar-refractivity contribution is 6.30. The number of hydrogen-bond acceptors (Lipinski definition) is 3. The predicted octanol–water partition coefficient (Wildman–Crippen LogP) is 1.99. The molecule has 0 saturated heterocycles. The molecule has 1 aromatic carbocycles. The molecule has 0 saturated carbocycles. The van der Waals surface area contributed by atoms with E-state index in [4.69, 9.17) is 22.1 Å². The van der Waals surface area contributed by atoms with E-state index in [1.807, 2.05) is 0 Å². The number of amides is 1. The van der Waals surface area contributed by atoms with Gasteiger partial charge in [0.05, 0.1) is 6.61 Å². The molecule has 1 heterocycles. The third kappa shape index (κ3) is 2.67. The summed E-state index contributed by atoms with van der Waals surface area (Å²) in [5.41, 5.74) is 5.17. The van der Waals surface area contributed by atoms with E-state index in [0.29, 0.717) is 17.3 Å². The van der Waals surface area contributed by atoms with Gasteiger partial charge in [-0.1, -0.05) is 11.6 Å². The standard InChI is InChI=1S/C14H13ClN2O3/c1-2-20-11-7-8-17(14(19)12(11)13(16)18)10-5-3-9(15)4-6-10/h3-8H,2H2,1H3,(H2,16,18). The number of rotatable bonds is 4. The number of halogens is 1. The number of nitrogens with two attached hydrogens (primary N) is 1. The summed E-state index contributed by atoms with van der Waals surface area (Å²) in [7, 11) is 0. The Hall–Kier alpha value is -2.27. The number of primary amides is 1. The fraction of sp³-hybridized carbons (Fsp3) is 0.143. The van der Waals surface area contributed by atoms with E-state index in [2.05, 4.69) is 0 Å². The van der Waals surface area contributed by atoms with Gasteiger partial charge in [-0.25, -0.2) is 0 Å². The van der Waals surface area contributed by atoms with E-state index in [1.54, 1.807) is 37.3 Å². The lowest BCUT2D eigenvalue weighted by Gasteiger charge is -2.11. The van der Waals surface area contributed by atoms with Crippen molar-refractivity contribution < 1.29 is 9.53 Å². The number of nitrogens with zero attached hydrogens (tertiary/aromatic N) is 1. The van der Waals surface area contributed by atoms with Crippen LogP contribution in [0.25, 0.3) is 5.69 Å². The highest BCUT2D eigenvalue weighted by Crippen LogP contribution is 2.17. The minimum absolute atomic E-state index is 0.163. The number of aromatic nitrogens is 1. The molecule has 0 aliphatic heterocycles. The molecule has 1 aromatic heterocycles. The average molecular weight is 293 g/mol. The number of benzene rings is 1. The molecule has 2 rings (SSSR count). The van der Waals surface area contributed by atoms with Crippen molar-refractivity contribution >= 4 is 17.5 Å². The Kier molecular flexibility index (Phi) is 4.10. The van der Waals surface area contributed by atoms with Gasteiger partial charge in [-0.2, -0.15) is 0 Å². The molecule has 0 atom stereocenters. The minimum atomic E-state index is -0.818. The van der Waals surface area contributed by atoms with Crippen molar-refractivity contribution in [3.63, 3.8) is 0 Å². The van der Waals surface area contributed by atoms with Gasteiger partial charge in [0.1, 0.15) is 11.3 Å². The fourth-order valence-electron chi connectivity index (χ4n) is 1.83. The van der Waals surface area contributed by atoms with Crippen LogP contribution in [0, 0.1) is 0 Å². The number of hydrogen-bond donors (Lipinski definition) is 1. The van der Waals surface area contributed by atoms with E-state index in [9.17, 15) is 9.59 Å². The maximum Gasteiger partial charge on any atom is 0.271 e. The average Bonchev–Trinajstić information content (AvgIpc) is 2.40. The van der Waals surface area contributed by atoms with Crippen molar-refractivity contribution in [3.05, 3.63) is 57.5 Å². The molecule has 20 heavy (non-hydrogen) atoms. The normalized spacial score (nSPS) is 10.3. The third-order valence-electron chi connectivity index (χ3n) is 2.71. The maximum atomic E-state index is 12.3. The van der Waals surface area contributed by atoms with Crippen LogP contribution in [-0.2, 0) is 0 Å². The zero-order valence-electron chi connectivity index (χ0n) is 10.8. The SMILES string of the molecule is CCOc1ccn(-c2ccc(Cl)cc2)c(=O)c1C(N)=O. The van der Waals surface area contributed by atoms with Crippen LogP contribution in [0.15, 0.2) is 41.3 Å². The number of carbonyl (C=O) groups excluding carboxylic acids is 1. The van der Waals surface area contributed by atoms with E-state index in [0.717, 1.165) is 0 Å². The molecule has 0 fully saturated rings. The Morgan fingerprint density at radius 1 is 1.30 bits per heavy atom. The number of ether oxygens (including phenoxy) is 1. The Morgan fingerprint density at radius 3 is 2.50 bits per heavy atom. The van der Waals surface area contributed by atoms with E-state index in [1.165, 1.54) is 10.8 Å². The first-order valence-corrected chi connectivity index (χ1v) is 6.36. The zero-order chi connectivity index (χ0) is 14.7. The molecule has 0 radical (unpaired) electrons. The van der Waals surface area contributed by atoms with Crippen LogP contribution in [0.1, 0.15) is 17.3 Å². The largest absolute Gasteiger partial charge is 0.493 e. The topological polar surface area (TPSA) is 74.3 Å². The molecule has 0 spiro atoms. The van der Waals surface area contributed by atoms with E-state index >= 15 is 0 Å². The quantitative estimate of drug-likeness (QED) is 0.936. The van der Waals surface area contributed by atoms with Gasteiger partial charge >= 0.3 is 0 Å². The second-order valence-corrected chi connectivity index (χ2v) is 4.44. The Morgan fingerprint density at radius 2 is 1.95 bits per heavy atom. The fourth-order valence-corrected chi connectivity index (χ4v) is 1.95.